The van der Waals surface area contributed by atoms with E-state index >= 15 is 0 Å². The van der Waals surface area contributed by atoms with E-state index in [4.69, 9.17) is 5.11 Å². The summed E-state index contributed by atoms with van der Waals surface area (Å²) in [5.41, 5.74) is 4.88. The fraction of sp³-hybridized carbons (Fsp3) is 0. The summed E-state index contributed by atoms with van der Waals surface area (Å²) in [5, 5.41) is 17.6. The van der Waals surface area contributed by atoms with Crippen molar-refractivity contribution in [3.8, 4) is 16.9 Å². The number of nitrogens with one attached hydrogen (secondary N) is 1. The van der Waals surface area contributed by atoms with E-state index in [9.17, 15) is 18.0 Å². The van der Waals surface area contributed by atoms with Crippen LogP contribution in [0.25, 0.3) is 16.9 Å². The van der Waals surface area contributed by atoms with Gasteiger partial charge in [0.05, 0.1) is 23.2 Å². The second-order valence-electron chi connectivity index (χ2n) is 6.74. The largest absolute Gasteiger partial charge is 0.478 e. The number of benzene rings is 3. The molecular weight excluding hydrogens is 421 g/mol. The van der Waals surface area contributed by atoms with E-state index in [1.54, 1.807) is 24.4 Å². The molecule has 9 heteroatoms. The van der Waals surface area contributed by atoms with E-state index in [1.165, 1.54) is 47.3 Å². The average Bonchev–Trinajstić information content (AvgIpc) is 3.20. The molecule has 4 aromatic rings. The van der Waals surface area contributed by atoms with Crippen LogP contribution in [0, 0.1) is 17.5 Å². The lowest BCUT2D eigenvalue weighted by atomic mass is 10.1. The number of anilines is 1. The Bertz CT molecular complexity index is 1320. The van der Waals surface area contributed by atoms with Crippen molar-refractivity contribution in [3.63, 3.8) is 0 Å². The van der Waals surface area contributed by atoms with E-state index in [-0.39, 0.29) is 5.56 Å². The average molecular weight is 436 g/mol. The first-order valence-electron chi connectivity index (χ1n) is 9.34. The molecule has 1 aromatic heterocycles. The first kappa shape index (κ1) is 20.9. The predicted octanol–water partition coefficient (Wildman–Crippen LogP) is 5.10. The highest BCUT2D eigenvalue weighted by molar-refractivity contribution is 5.89. The Hall–Kier alpha value is -4.40. The third-order valence-electron chi connectivity index (χ3n) is 4.54. The van der Waals surface area contributed by atoms with Gasteiger partial charge < -0.3 is 5.11 Å². The second-order valence-corrected chi connectivity index (χ2v) is 6.74. The third kappa shape index (κ3) is 4.51. The van der Waals surface area contributed by atoms with Crippen LogP contribution in [-0.2, 0) is 0 Å². The standard InChI is InChI=1S/C23H15F3N4O2/c24-17-2-1-3-18(11-17)28-27-12-16-13-30(19-7-4-14(5-8-19)23(31)32)29-22(16)15-6-9-20(25)21(26)10-15/h1-13,28H,(H,31,32)/b27-12+. The van der Waals surface area contributed by atoms with Crippen LogP contribution in [0.15, 0.2) is 78.0 Å². The Kier molecular flexibility index (Phi) is 5.71. The number of hydrogen-bond acceptors (Lipinski definition) is 4. The second kappa shape index (κ2) is 8.76. The molecule has 3 aromatic carbocycles. The Balaban J connectivity index is 1.71. The molecule has 4 rings (SSSR count). The van der Waals surface area contributed by atoms with Crippen LogP contribution in [-0.4, -0.2) is 27.1 Å². The molecule has 0 atom stereocenters. The third-order valence-corrected chi connectivity index (χ3v) is 4.54. The molecule has 0 aliphatic carbocycles. The van der Waals surface area contributed by atoms with Crippen LogP contribution < -0.4 is 5.43 Å². The molecule has 0 saturated carbocycles. The molecule has 0 radical (unpaired) electrons. The highest BCUT2D eigenvalue weighted by atomic mass is 19.2. The van der Waals surface area contributed by atoms with Crippen molar-refractivity contribution in [1.82, 2.24) is 9.78 Å². The lowest BCUT2D eigenvalue weighted by Crippen LogP contribution is -1.99. The summed E-state index contributed by atoms with van der Waals surface area (Å²) in [5.74, 6) is -3.50. The zero-order chi connectivity index (χ0) is 22.7. The van der Waals surface area contributed by atoms with Gasteiger partial charge in [0.25, 0.3) is 0 Å². The number of hydrazone groups is 1. The number of aromatic carboxylic acids is 1. The van der Waals surface area contributed by atoms with Gasteiger partial charge in [0.15, 0.2) is 11.6 Å². The molecule has 1 heterocycles. The maximum Gasteiger partial charge on any atom is 0.335 e. The minimum absolute atomic E-state index is 0.114. The van der Waals surface area contributed by atoms with Crippen LogP contribution in [0.2, 0.25) is 0 Å². The Morgan fingerprint density at radius 3 is 2.47 bits per heavy atom. The van der Waals surface area contributed by atoms with Crippen LogP contribution in [0.5, 0.6) is 0 Å². The summed E-state index contributed by atoms with van der Waals surface area (Å²) in [7, 11) is 0. The highest BCUT2D eigenvalue weighted by Gasteiger charge is 2.14. The van der Waals surface area contributed by atoms with Crippen molar-refractivity contribution in [3.05, 3.63) is 102 Å². The van der Waals surface area contributed by atoms with Gasteiger partial charge in [0.1, 0.15) is 11.5 Å². The molecule has 160 valence electrons. The van der Waals surface area contributed by atoms with Gasteiger partial charge in [-0.2, -0.15) is 10.2 Å². The van der Waals surface area contributed by atoms with Gasteiger partial charge in [0.2, 0.25) is 0 Å². The van der Waals surface area contributed by atoms with Gasteiger partial charge >= 0.3 is 5.97 Å². The number of halogens is 3. The number of carboxylic acids is 1. The lowest BCUT2D eigenvalue weighted by Gasteiger charge is -2.02. The summed E-state index contributed by atoms with van der Waals surface area (Å²) in [6.07, 6.45) is 3.01. The number of rotatable bonds is 6. The lowest BCUT2D eigenvalue weighted by molar-refractivity contribution is 0.0697. The minimum Gasteiger partial charge on any atom is -0.478 e. The smallest absolute Gasteiger partial charge is 0.335 e. The topological polar surface area (TPSA) is 79.5 Å². The Labute approximate surface area is 180 Å². The van der Waals surface area contributed by atoms with Crippen molar-refractivity contribution in [2.45, 2.75) is 0 Å². The number of aromatic nitrogens is 2. The fourth-order valence-corrected chi connectivity index (χ4v) is 2.97. The maximum absolute atomic E-state index is 13.8. The molecular formula is C23H15F3N4O2. The molecule has 0 aliphatic rings. The molecule has 0 amide bonds. The van der Waals surface area contributed by atoms with Crippen LogP contribution in [0.3, 0.4) is 0 Å². The van der Waals surface area contributed by atoms with E-state index < -0.39 is 23.4 Å². The van der Waals surface area contributed by atoms with E-state index in [0.717, 1.165) is 12.1 Å². The SMILES string of the molecule is O=C(O)c1ccc(-n2cc(/C=N/Nc3cccc(F)c3)c(-c3ccc(F)c(F)c3)n2)cc1. The zero-order valence-corrected chi connectivity index (χ0v) is 16.3. The van der Waals surface area contributed by atoms with Crippen molar-refractivity contribution in [2.24, 2.45) is 5.10 Å². The predicted molar refractivity (Wildman–Crippen MR) is 113 cm³/mol. The zero-order valence-electron chi connectivity index (χ0n) is 16.3. The normalized spacial score (nSPS) is 11.1. The quantitative estimate of drug-likeness (QED) is 0.326. The number of hydrogen-bond donors (Lipinski definition) is 2. The molecule has 32 heavy (non-hydrogen) atoms. The summed E-state index contributed by atoms with van der Waals surface area (Å²) in [6.45, 7) is 0. The first-order chi connectivity index (χ1) is 15.4. The monoisotopic (exact) mass is 436 g/mol. The number of nitrogens with zero attached hydrogens (tertiary/aromatic N) is 3. The molecule has 0 saturated heterocycles. The van der Waals surface area contributed by atoms with Crippen LogP contribution >= 0.6 is 0 Å². The minimum atomic E-state index is -1.06. The highest BCUT2D eigenvalue weighted by Crippen LogP contribution is 2.25. The van der Waals surface area contributed by atoms with Gasteiger partial charge in [0, 0.05) is 17.3 Å². The summed E-state index contributed by atoms with van der Waals surface area (Å²) in [4.78, 5) is 11.1. The number of carbonyl (C=O) groups is 1. The summed E-state index contributed by atoms with van der Waals surface area (Å²) < 4.78 is 42.0. The van der Waals surface area contributed by atoms with Gasteiger partial charge in [-0.15, -0.1) is 0 Å². The molecule has 0 bridgehead atoms. The fourth-order valence-electron chi connectivity index (χ4n) is 2.97. The van der Waals surface area contributed by atoms with E-state index in [2.05, 4.69) is 15.6 Å². The van der Waals surface area contributed by atoms with E-state index in [1.807, 2.05) is 0 Å². The summed E-state index contributed by atoms with van der Waals surface area (Å²) >= 11 is 0. The molecule has 6 nitrogen and oxygen atoms in total. The van der Waals surface area contributed by atoms with Crippen molar-refractivity contribution in [1.29, 1.82) is 0 Å². The van der Waals surface area contributed by atoms with Crippen LogP contribution in [0.4, 0.5) is 18.9 Å². The van der Waals surface area contributed by atoms with E-state index in [0.29, 0.717) is 28.2 Å². The van der Waals surface area contributed by atoms with Crippen molar-refractivity contribution >= 4 is 17.9 Å². The van der Waals surface area contributed by atoms with Crippen LogP contribution in [0.1, 0.15) is 15.9 Å². The molecule has 0 aliphatic heterocycles. The van der Waals surface area contributed by atoms with Gasteiger partial charge in [-0.1, -0.05) is 6.07 Å². The Morgan fingerprint density at radius 1 is 1.00 bits per heavy atom. The molecule has 2 N–H and O–H groups in total. The van der Waals surface area contributed by atoms with Crippen molar-refractivity contribution in [2.75, 3.05) is 5.43 Å². The summed E-state index contributed by atoms with van der Waals surface area (Å²) in [6, 6.07) is 15.1. The Morgan fingerprint density at radius 2 is 1.78 bits per heavy atom. The molecule has 0 fully saturated rings. The maximum atomic E-state index is 13.8. The molecule has 0 unspecified atom stereocenters. The van der Waals surface area contributed by atoms with Crippen molar-refractivity contribution < 1.29 is 23.1 Å². The van der Waals surface area contributed by atoms with Gasteiger partial charge in [-0.25, -0.2) is 22.6 Å². The van der Waals surface area contributed by atoms with Gasteiger partial charge in [-0.3, -0.25) is 5.43 Å². The van der Waals surface area contributed by atoms with Gasteiger partial charge in [-0.05, 0) is 60.7 Å². The molecule has 0 spiro atoms. The first-order valence-corrected chi connectivity index (χ1v) is 9.34. The number of carboxylic acid groups (broad SMARTS) is 1.